The van der Waals surface area contributed by atoms with Crippen molar-refractivity contribution in [2.75, 3.05) is 16.2 Å². The summed E-state index contributed by atoms with van der Waals surface area (Å²) in [5, 5.41) is 0. The lowest BCUT2D eigenvalue weighted by atomic mass is 10.2. The zero-order chi connectivity index (χ0) is 17.0. The van der Waals surface area contributed by atoms with Crippen LogP contribution in [0.2, 0.25) is 0 Å². The lowest BCUT2D eigenvalue weighted by Gasteiger charge is -2.09. The standard InChI is InChI=1S/C17H18N2O2S3/c1-13-7-2-3-8-14(13)19-24(20,21)12-6-11-22-17-18-15-9-4-5-10-16(15)23-17/h2-5,7-10,19H,6,11-12H2,1H3. The van der Waals surface area contributed by atoms with Gasteiger partial charge in [-0.25, -0.2) is 13.4 Å². The van der Waals surface area contributed by atoms with Crippen LogP contribution < -0.4 is 4.72 Å². The Balaban J connectivity index is 1.51. The molecule has 1 heterocycles. The van der Waals surface area contributed by atoms with E-state index in [0.29, 0.717) is 12.1 Å². The molecule has 1 N–H and O–H groups in total. The van der Waals surface area contributed by atoms with Gasteiger partial charge in [0.05, 0.1) is 21.7 Å². The van der Waals surface area contributed by atoms with Gasteiger partial charge < -0.3 is 0 Å². The molecule has 3 rings (SSSR count). The van der Waals surface area contributed by atoms with Gasteiger partial charge in [-0.2, -0.15) is 0 Å². The van der Waals surface area contributed by atoms with Crippen molar-refractivity contribution in [1.29, 1.82) is 0 Å². The van der Waals surface area contributed by atoms with Crippen LogP contribution in [0.25, 0.3) is 10.2 Å². The molecule has 0 aliphatic rings. The first-order valence-corrected chi connectivity index (χ1v) is 11.0. The van der Waals surface area contributed by atoms with E-state index in [0.717, 1.165) is 25.9 Å². The van der Waals surface area contributed by atoms with Crippen LogP contribution in [0.5, 0.6) is 0 Å². The van der Waals surface area contributed by atoms with E-state index in [1.807, 2.05) is 49.4 Å². The summed E-state index contributed by atoms with van der Waals surface area (Å²) in [6.45, 7) is 1.89. The molecule has 0 bridgehead atoms. The van der Waals surface area contributed by atoms with Crippen LogP contribution in [0.3, 0.4) is 0 Å². The van der Waals surface area contributed by atoms with E-state index < -0.39 is 10.0 Å². The molecule has 1 aromatic heterocycles. The van der Waals surface area contributed by atoms with Crippen molar-refractivity contribution < 1.29 is 8.42 Å². The fraction of sp³-hybridized carbons (Fsp3) is 0.235. The number of aromatic nitrogens is 1. The second-order valence-corrected chi connectivity index (χ2v) is 9.60. The van der Waals surface area contributed by atoms with Gasteiger partial charge in [-0.15, -0.1) is 11.3 Å². The number of sulfonamides is 1. The Morgan fingerprint density at radius 1 is 1.12 bits per heavy atom. The highest BCUT2D eigenvalue weighted by atomic mass is 32.2. The summed E-state index contributed by atoms with van der Waals surface area (Å²) >= 11 is 3.26. The number of anilines is 1. The van der Waals surface area contributed by atoms with Crippen LogP contribution in [0.4, 0.5) is 5.69 Å². The number of thioether (sulfide) groups is 1. The van der Waals surface area contributed by atoms with E-state index in [1.54, 1.807) is 29.2 Å². The molecule has 0 unspecified atom stereocenters. The van der Waals surface area contributed by atoms with Crippen LogP contribution >= 0.6 is 23.1 Å². The van der Waals surface area contributed by atoms with Crippen LogP contribution in [-0.4, -0.2) is 24.9 Å². The molecule has 0 aliphatic heterocycles. The van der Waals surface area contributed by atoms with Gasteiger partial charge >= 0.3 is 0 Å². The molecule has 0 aliphatic carbocycles. The number of rotatable bonds is 7. The topological polar surface area (TPSA) is 59.1 Å². The fourth-order valence-electron chi connectivity index (χ4n) is 2.23. The maximum absolute atomic E-state index is 12.2. The molecule has 4 nitrogen and oxygen atoms in total. The van der Waals surface area contributed by atoms with Crippen LogP contribution in [0.1, 0.15) is 12.0 Å². The molecule has 7 heteroatoms. The molecule has 0 spiro atoms. The van der Waals surface area contributed by atoms with Crippen molar-refractivity contribution in [2.24, 2.45) is 0 Å². The fourth-order valence-corrected chi connectivity index (χ4v) is 5.68. The number of nitrogens with zero attached hydrogens (tertiary/aromatic N) is 1. The van der Waals surface area contributed by atoms with Gasteiger partial charge in [-0.05, 0) is 37.1 Å². The Bertz CT molecular complexity index is 903. The average molecular weight is 379 g/mol. The molecular formula is C17H18N2O2S3. The molecule has 24 heavy (non-hydrogen) atoms. The lowest BCUT2D eigenvalue weighted by Crippen LogP contribution is -2.17. The minimum absolute atomic E-state index is 0.110. The summed E-state index contributed by atoms with van der Waals surface area (Å²) in [6.07, 6.45) is 0.585. The number of benzene rings is 2. The largest absolute Gasteiger partial charge is 0.283 e. The van der Waals surface area contributed by atoms with Crippen molar-refractivity contribution in [3.63, 3.8) is 0 Å². The van der Waals surface area contributed by atoms with E-state index in [4.69, 9.17) is 0 Å². The van der Waals surface area contributed by atoms with Crippen molar-refractivity contribution in [2.45, 2.75) is 17.7 Å². The predicted molar refractivity (Wildman–Crippen MR) is 104 cm³/mol. The third-order valence-electron chi connectivity index (χ3n) is 3.47. The molecule has 0 atom stereocenters. The smallest absolute Gasteiger partial charge is 0.232 e. The Morgan fingerprint density at radius 3 is 2.67 bits per heavy atom. The Morgan fingerprint density at radius 2 is 1.88 bits per heavy atom. The first-order chi connectivity index (χ1) is 11.5. The first-order valence-electron chi connectivity index (χ1n) is 7.58. The number of nitrogens with one attached hydrogen (secondary N) is 1. The first kappa shape index (κ1) is 17.3. The van der Waals surface area contributed by atoms with Crippen molar-refractivity contribution in [3.05, 3.63) is 54.1 Å². The maximum Gasteiger partial charge on any atom is 0.232 e. The minimum atomic E-state index is -3.32. The van der Waals surface area contributed by atoms with Gasteiger partial charge in [0.2, 0.25) is 10.0 Å². The summed E-state index contributed by atoms with van der Waals surface area (Å²) in [6, 6.07) is 15.4. The molecule has 0 radical (unpaired) electrons. The zero-order valence-corrected chi connectivity index (χ0v) is 15.7. The Kier molecular flexibility index (Phi) is 5.43. The normalized spacial score (nSPS) is 11.7. The highest BCUT2D eigenvalue weighted by Gasteiger charge is 2.12. The number of para-hydroxylation sites is 2. The summed E-state index contributed by atoms with van der Waals surface area (Å²) in [7, 11) is -3.32. The molecule has 126 valence electrons. The summed E-state index contributed by atoms with van der Waals surface area (Å²) < 4.78 is 29.1. The third kappa shape index (κ3) is 4.49. The monoisotopic (exact) mass is 378 g/mol. The van der Waals surface area contributed by atoms with Gasteiger partial charge in [0, 0.05) is 5.75 Å². The molecular weight excluding hydrogens is 360 g/mol. The van der Waals surface area contributed by atoms with Crippen molar-refractivity contribution >= 4 is 49.0 Å². The van der Waals surface area contributed by atoms with Gasteiger partial charge in [-0.3, -0.25) is 4.72 Å². The zero-order valence-electron chi connectivity index (χ0n) is 13.2. The second-order valence-electron chi connectivity index (χ2n) is 5.39. The summed E-state index contributed by atoms with van der Waals surface area (Å²) in [4.78, 5) is 4.54. The second kappa shape index (κ2) is 7.55. The molecule has 2 aromatic carbocycles. The van der Waals surface area contributed by atoms with Gasteiger partial charge in [0.25, 0.3) is 0 Å². The molecule has 0 fully saturated rings. The van der Waals surface area contributed by atoms with Gasteiger partial charge in [0.1, 0.15) is 0 Å². The number of hydrogen-bond acceptors (Lipinski definition) is 5. The number of aryl methyl sites for hydroxylation is 1. The highest BCUT2D eigenvalue weighted by molar-refractivity contribution is 8.01. The maximum atomic E-state index is 12.2. The Hall–Kier alpha value is -1.57. The quantitative estimate of drug-likeness (QED) is 0.485. The molecule has 0 saturated carbocycles. The lowest BCUT2D eigenvalue weighted by molar-refractivity contribution is 0.600. The van der Waals surface area contributed by atoms with E-state index >= 15 is 0 Å². The summed E-state index contributed by atoms with van der Waals surface area (Å²) in [5.41, 5.74) is 2.57. The van der Waals surface area contributed by atoms with E-state index in [1.165, 1.54) is 0 Å². The van der Waals surface area contributed by atoms with E-state index in [-0.39, 0.29) is 5.75 Å². The number of thiazole rings is 1. The third-order valence-corrected chi connectivity index (χ3v) is 7.09. The van der Waals surface area contributed by atoms with Crippen LogP contribution in [0, 0.1) is 6.92 Å². The summed E-state index contributed by atoms with van der Waals surface area (Å²) in [5.74, 6) is 0.841. The van der Waals surface area contributed by atoms with Crippen LogP contribution in [0.15, 0.2) is 52.9 Å². The predicted octanol–water partition coefficient (Wildman–Crippen LogP) is 4.53. The van der Waals surface area contributed by atoms with Crippen LogP contribution in [-0.2, 0) is 10.0 Å². The molecule has 3 aromatic rings. The van der Waals surface area contributed by atoms with Crippen molar-refractivity contribution in [1.82, 2.24) is 4.98 Å². The molecule has 0 saturated heterocycles. The Labute approximate surface area is 150 Å². The van der Waals surface area contributed by atoms with Crippen molar-refractivity contribution in [3.8, 4) is 0 Å². The van der Waals surface area contributed by atoms with Gasteiger partial charge in [-0.1, -0.05) is 42.1 Å². The highest BCUT2D eigenvalue weighted by Crippen LogP contribution is 2.29. The number of fused-ring (bicyclic) bond motifs is 1. The molecule has 0 amide bonds. The SMILES string of the molecule is Cc1ccccc1NS(=O)(=O)CCCSc1nc2ccccc2s1. The number of hydrogen-bond donors (Lipinski definition) is 1. The van der Waals surface area contributed by atoms with E-state index in [2.05, 4.69) is 9.71 Å². The van der Waals surface area contributed by atoms with Gasteiger partial charge in [0.15, 0.2) is 4.34 Å². The average Bonchev–Trinajstić information content (AvgIpc) is 2.96. The minimum Gasteiger partial charge on any atom is -0.283 e. The van der Waals surface area contributed by atoms with E-state index in [9.17, 15) is 8.42 Å².